The van der Waals surface area contributed by atoms with E-state index in [2.05, 4.69) is 15.6 Å². The minimum atomic E-state index is -3.81. The van der Waals surface area contributed by atoms with Crippen LogP contribution in [0, 0.1) is 0 Å². The van der Waals surface area contributed by atoms with Gasteiger partial charge in [0.25, 0.3) is 11.8 Å². The van der Waals surface area contributed by atoms with Crippen molar-refractivity contribution in [3.8, 4) is 5.75 Å². The van der Waals surface area contributed by atoms with Gasteiger partial charge in [0.15, 0.2) is 0 Å². The highest BCUT2D eigenvalue weighted by Gasteiger charge is 2.21. The molecule has 4 N–H and O–H groups in total. The van der Waals surface area contributed by atoms with Crippen LogP contribution in [0.1, 0.15) is 33.6 Å². The van der Waals surface area contributed by atoms with Gasteiger partial charge in [0.05, 0.1) is 16.6 Å². The molecule has 0 aliphatic carbocycles. The monoisotopic (exact) mass is 419 g/mol. The molecule has 3 rings (SSSR count). The molecular weight excluding hydrogens is 398 g/mol. The maximum Gasteiger partial charge on any atom is 0.273 e. The van der Waals surface area contributed by atoms with Gasteiger partial charge < -0.3 is 9.84 Å². The highest BCUT2D eigenvalue weighted by Crippen LogP contribution is 2.16. The molecule has 1 aliphatic rings. The van der Waals surface area contributed by atoms with E-state index in [9.17, 15) is 23.1 Å². The summed E-state index contributed by atoms with van der Waals surface area (Å²) in [5, 5.41) is 9.66. The number of amides is 2. The molecule has 1 saturated heterocycles. The number of rotatable bonds is 6. The number of ether oxygens (including phenoxy) is 1. The number of phenols is 1. The van der Waals surface area contributed by atoms with Gasteiger partial charge in [-0.3, -0.25) is 20.4 Å². The van der Waals surface area contributed by atoms with E-state index >= 15 is 0 Å². The van der Waals surface area contributed by atoms with Crippen LogP contribution >= 0.6 is 0 Å². The normalized spacial score (nSPS) is 16.3. The number of phenolic OH excluding ortho intramolecular Hbond substituents is 1. The van der Waals surface area contributed by atoms with Gasteiger partial charge in [-0.25, -0.2) is 13.1 Å². The second-order valence-electron chi connectivity index (χ2n) is 6.44. The number of hydrazine groups is 1. The smallest absolute Gasteiger partial charge is 0.273 e. The summed E-state index contributed by atoms with van der Waals surface area (Å²) in [6.07, 6.45) is 1.54. The third kappa shape index (κ3) is 5.31. The number of aromatic hydroxyl groups is 1. The standard InChI is InChI=1S/C19H21N3O6S/c23-17-9-2-1-8-16(17)19(25)22-21-18(24)13-5-3-7-15(11-13)29(26,27)20-12-14-6-4-10-28-14/h1-3,5,7-9,11,14,20,23H,4,6,10,12H2,(H,21,24)(H,22,25)/t14-/m0/s1. The van der Waals surface area contributed by atoms with E-state index in [4.69, 9.17) is 4.74 Å². The molecular formula is C19H21N3O6S. The Morgan fingerprint density at radius 3 is 2.55 bits per heavy atom. The van der Waals surface area contributed by atoms with Crippen LogP contribution in [-0.2, 0) is 14.8 Å². The number of nitrogens with one attached hydrogen (secondary N) is 3. The van der Waals surface area contributed by atoms with Gasteiger partial charge in [-0.15, -0.1) is 0 Å². The van der Waals surface area contributed by atoms with Crippen molar-refractivity contribution in [3.05, 3.63) is 59.7 Å². The fraction of sp³-hybridized carbons (Fsp3) is 0.263. The molecule has 1 fully saturated rings. The minimum absolute atomic E-state index is 0.0116. The van der Waals surface area contributed by atoms with E-state index in [0.717, 1.165) is 12.8 Å². The highest BCUT2D eigenvalue weighted by atomic mass is 32.2. The zero-order valence-electron chi connectivity index (χ0n) is 15.4. The lowest BCUT2D eigenvalue weighted by Gasteiger charge is -2.12. The molecule has 0 radical (unpaired) electrons. The number of para-hydroxylation sites is 1. The van der Waals surface area contributed by atoms with Crippen molar-refractivity contribution in [2.45, 2.75) is 23.8 Å². The average molecular weight is 419 g/mol. The number of benzene rings is 2. The van der Waals surface area contributed by atoms with E-state index in [1.807, 2.05) is 0 Å². The second-order valence-corrected chi connectivity index (χ2v) is 8.21. The zero-order chi connectivity index (χ0) is 20.9. The maximum absolute atomic E-state index is 12.5. The van der Waals surface area contributed by atoms with Gasteiger partial charge in [0.1, 0.15) is 5.75 Å². The van der Waals surface area contributed by atoms with Crippen LogP contribution in [0.4, 0.5) is 0 Å². The SMILES string of the molecule is O=C(NNC(=O)c1ccccc1O)c1cccc(S(=O)(=O)NC[C@@H]2CCCO2)c1. The Labute approximate surface area is 168 Å². The Kier molecular flexibility index (Phi) is 6.47. The fourth-order valence-corrected chi connectivity index (χ4v) is 3.93. The van der Waals surface area contributed by atoms with Crippen molar-refractivity contribution >= 4 is 21.8 Å². The molecule has 1 aliphatic heterocycles. The van der Waals surface area contributed by atoms with Crippen LogP contribution in [-0.4, -0.2) is 44.6 Å². The highest BCUT2D eigenvalue weighted by molar-refractivity contribution is 7.89. The van der Waals surface area contributed by atoms with Crippen molar-refractivity contribution in [2.24, 2.45) is 0 Å². The molecule has 2 amide bonds. The lowest BCUT2D eigenvalue weighted by atomic mass is 10.2. The molecule has 9 nitrogen and oxygen atoms in total. The lowest BCUT2D eigenvalue weighted by Crippen LogP contribution is -2.41. The molecule has 0 unspecified atom stereocenters. The van der Waals surface area contributed by atoms with Gasteiger partial charge in [-0.2, -0.15) is 0 Å². The van der Waals surface area contributed by atoms with Gasteiger partial charge in [-0.05, 0) is 43.2 Å². The topological polar surface area (TPSA) is 134 Å². The molecule has 2 aromatic carbocycles. The molecule has 1 heterocycles. The molecule has 0 bridgehead atoms. The Morgan fingerprint density at radius 1 is 1.07 bits per heavy atom. The molecule has 0 saturated carbocycles. The van der Waals surface area contributed by atoms with Crippen molar-refractivity contribution in [2.75, 3.05) is 13.2 Å². The quantitative estimate of drug-likeness (QED) is 0.515. The average Bonchev–Trinajstić information content (AvgIpc) is 3.24. The van der Waals surface area contributed by atoms with Gasteiger partial charge >= 0.3 is 0 Å². The molecule has 0 aromatic heterocycles. The van der Waals surface area contributed by atoms with Crippen LogP contribution in [0.3, 0.4) is 0 Å². The van der Waals surface area contributed by atoms with Gasteiger partial charge in [-0.1, -0.05) is 18.2 Å². The predicted octanol–water partition coefficient (Wildman–Crippen LogP) is 0.924. The Hall–Kier alpha value is -2.95. The number of hydrogen-bond donors (Lipinski definition) is 4. The number of carbonyl (C=O) groups excluding carboxylic acids is 2. The van der Waals surface area contributed by atoms with E-state index in [1.54, 1.807) is 12.1 Å². The summed E-state index contributed by atoms with van der Waals surface area (Å²) >= 11 is 0. The van der Waals surface area contributed by atoms with Crippen LogP contribution < -0.4 is 15.6 Å². The van der Waals surface area contributed by atoms with Crippen LogP contribution in [0.25, 0.3) is 0 Å². The third-order valence-electron chi connectivity index (χ3n) is 4.37. The van der Waals surface area contributed by atoms with E-state index in [-0.39, 0.29) is 34.4 Å². The minimum Gasteiger partial charge on any atom is -0.507 e. The number of carbonyl (C=O) groups is 2. The Balaban J connectivity index is 1.62. The largest absolute Gasteiger partial charge is 0.507 e. The predicted molar refractivity (Wildman–Crippen MR) is 104 cm³/mol. The first-order chi connectivity index (χ1) is 13.9. The molecule has 154 valence electrons. The van der Waals surface area contributed by atoms with Crippen LogP contribution in [0.5, 0.6) is 5.75 Å². The van der Waals surface area contributed by atoms with Crippen molar-refractivity contribution in [3.63, 3.8) is 0 Å². The molecule has 2 aromatic rings. The number of sulfonamides is 1. The Morgan fingerprint density at radius 2 is 1.83 bits per heavy atom. The third-order valence-corrected chi connectivity index (χ3v) is 5.79. The summed E-state index contributed by atoms with van der Waals surface area (Å²) in [7, 11) is -3.81. The summed E-state index contributed by atoms with van der Waals surface area (Å²) < 4.78 is 32.8. The number of hydrogen-bond acceptors (Lipinski definition) is 6. The van der Waals surface area contributed by atoms with Gasteiger partial charge in [0, 0.05) is 18.7 Å². The molecule has 10 heteroatoms. The summed E-state index contributed by atoms with van der Waals surface area (Å²) in [5.41, 5.74) is 4.41. The summed E-state index contributed by atoms with van der Waals surface area (Å²) in [5.74, 6) is -1.65. The maximum atomic E-state index is 12.5. The lowest BCUT2D eigenvalue weighted by molar-refractivity contribution is 0.0845. The Bertz CT molecular complexity index is 1000. The van der Waals surface area contributed by atoms with Crippen molar-refractivity contribution in [1.82, 2.24) is 15.6 Å². The van der Waals surface area contributed by atoms with E-state index in [0.29, 0.717) is 6.61 Å². The fourth-order valence-electron chi connectivity index (χ4n) is 2.81. The van der Waals surface area contributed by atoms with Crippen LogP contribution in [0.15, 0.2) is 53.4 Å². The first-order valence-corrected chi connectivity index (χ1v) is 10.4. The van der Waals surface area contributed by atoms with Crippen LogP contribution in [0.2, 0.25) is 0 Å². The van der Waals surface area contributed by atoms with Crippen molar-refractivity contribution in [1.29, 1.82) is 0 Å². The second kappa shape index (κ2) is 9.03. The first-order valence-electron chi connectivity index (χ1n) is 8.97. The van der Waals surface area contributed by atoms with Gasteiger partial charge in [0.2, 0.25) is 10.0 Å². The summed E-state index contributed by atoms with van der Waals surface area (Å²) in [6.45, 7) is 0.782. The first kappa shape index (κ1) is 20.8. The molecule has 29 heavy (non-hydrogen) atoms. The molecule has 0 spiro atoms. The summed E-state index contributed by atoms with van der Waals surface area (Å²) in [4.78, 5) is 24.2. The molecule has 1 atom stereocenters. The summed E-state index contributed by atoms with van der Waals surface area (Å²) in [6, 6.07) is 11.3. The van der Waals surface area contributed by atoms with E-state index in [1.165, 1.54) is 36.4 Å². The zero-order valence-corrected chi connectivity index (χ0v) is 16.2. The van der Waals surface area contributed by atoms with Crippen molar-refractivity contribution < 1.29 is 27.9 Å². The van der Waals surface area contributed by atoms with E-state index < -0.39 is 21.8 Å².